The molecule has 0 aliphatic carbocycles. The molecule has 6 heteroatoms. The first-order valence-electron chi connectivity index (χ1n) is 6.89. The van der Waals surface area contributed by atoms with Crippen molar-refractivity contribution in [2.45, 2.75) is 30.2 Å². The van der Waals surface area contributed by atoms with Crippen molar-refractivity contribution in [1.29, 1.82) is 0 Å². The quantitative estimate of drug-likeness (QED) is 0.749. The van der Waals surface area contributed by atoms with Crippen molar-refractivity contribution in [2.24, 2.45) is 0 Å². The summed E-state index contributed by atoms with van der Waals surface area (Å²) in [6.45, 7) is 4.07. The van der Waals surface area contributed by atoms with Crippen molar-refractivity contribution in [3.63, 3.8) is 0 Å². The van der Waals surface area contributed by atoms with Crippen LogP contribution < -0.4 is 10.1 Å². The number of rotatable bonds is 4. The summed E-state index contributed by atoms with van der Waals surface area (Å²) < 4.78 is 3.91. The Morgan fingerprint density at radius 2 is 1.82 bits per heavy atom. The number of ether oxygens (including phenoxy) is 1. The first-order chi connectivity index (χ1) is 10.3. The van der Waals surface area contributed by atoms with Crippen LogP contribution in [0.1, 0.15) is 20.3 Å². The van der Waals surface area contributed by atoms with E-state index in [-0.39, 0.29) is 6.10 Å². The van der Waals surface area contributed by atoms with Gasteiger partial charge in [-0.25, -0.2) is 0 Å². The van der Waals surface area contributed by atoms with Crippen LogP contribution in [-0.4, -0.2) is 15.8 Å². The third-order valence-electron chi connectivity index (χ3n) is 3.29. The second-order valence-electron chi connectivity index (χ2n) is 4.95. The van der Waals surface area contributed by atoms with Gasteiger partial charge in [-0.05, 0) is 25.5 Å². The monoisotopic (exact) mass is 359 g/mol. The smallest absolute Gasteiger partial charge is 0.276 e. The number of nitrogens with one attached hydrogen (secondary N) is 1. The molecular formula is C16H16Cl3NO2. The summed E-state index contributed by atoms with van der Waals surface area (Å²) in [6, 6.07) is 11.1. The van der Waals surface area contributed by atoms with Gasteiger partial charge in [-0.2, -0.15) is 0 Å². The molecule has 0 fully saturated rings. The van der Waals surface area contributed by atoms with Gasteiger partial charge in [0, 0.05) is 16.5 Å². The number of benzene rings is 2. The molecule has 2 rings (SSSR count). The first-order valence-corrected chi connectivity index (χ1v) is 8.03. The van der Waals surface area contributed by atoms with Crippen LogP contribution in [0.3, 0.4) is 0 Å². The second kappa shape index (κ2) is 6.95. The van der Waals surface area contributed by atoms with Crippen molar-refractivity contribution in [2.75, 3.05) is 5.32 Å². The molecule has 0 saturated carbocycles. The summed E-state index contributed by atoms with van der Waals surface area (Å²) in [5.74, 6) is 0.0649. The number of fused-ring (bicyclic) bond motifs is 1. The molecule has 0 heterocycles. The number of hydrogen-bond acceptors (Lipinski definition) is 2. The fourth-order valence-electron chi connectivity index (χ4n) is 1.98. The van der Waals surface area contributed by atoms with Gasteiger partial charge < -0.3 is 10.1 Å². The van der Waals surface area contributed by atoms with Gasteiger partial charge in [0.05, 0.1) is 6.10 Å². The number of halogens is 3. The van der Waals surface area contributed by atoms with E-state index in [1.807, 2.05) is 37.3 Å². The molecule has 0 aliphatic rings. The van der Waals surface area contributed by atoms with Crippen LogP contribution in [0, 0.1) is 0 Å². The topological polar surface area (TPSA) is 38.3 Å². The van der Waals surface area contributed by atoms with Crippen molar-refractivity contribution >= 4 is 57.2 Å². The van der Waals surface area contributed by atoms with Crippen LogP contribution in [0.4, 0.5) is 5.69 Å². The lowest BCUT2D eigenvalue weighted by Gasteiger charge is -2.17. The summed E-state index contributed by atoms with van der Waals surface area (Å²) in [7, 11) is 0. The maximum absolute atomic E-state index is 11.8. The molecule has 0 radical (unpaired) electrons. The van der Waals surface area contributed by atoms with Gasteiger partial charge in [0.1, 0.15) is 5.75 Å². The average molecular weight is 361 g/mol. The Kier molecular flexibility index (Phi) is 5.43. The van der Waals surface area contributed by atoms with E-state index in [4.69, 9.17) is 39.5 Å². The van der Waals surface area contributed by atoms with E-state index in [0.717, 1.165) is 22.9 Å². The van der Waals surface area contributed by atoms with E-state index in [9.17, 15) is 4.79 Å². The fraction of sp³-hybridized carbons (Fsp3) is 0.312. The molecule has 0 bridgehead atoms. The Bertz CT molecular complexity index is 683. The van der Waals surface area contributed by atoms with Crippen LogP contribution in [-0.2, 0) is 4.79 Å². The molecule has 118 valence electrons. The number of amides is 1. The van der Waals surface area contributed by atoms with Crippen LogP contribution in [0.15, 0.2) is 36.4 Å². The average Bonchev–Trinajstić information content (AvgIpc) is 2.48. The van der Waals surface area contributed by atoms with Crippen molar-refractivity contribution < 1.29 is 9.53 Å². The van der Waals surface area contributed by atoms with Crippen LogP contribution in [0.5, 0.6) is 5.75 Å². The van der Waals surface area contributed by atoms with E-state index in [1.165, 1.54) is 0 Å². The highest BCUT2D eigenvalue weighted by Gasteiger charge is 2.31. The molecule has 0 aliphatic heterocycles. The minimum absolute atomic E-state index is 0.102. The number of anilines is 1. The lowest BCUT2D eigenvalue weighted by Crippen LogP contribution is -2.27. The molecule has 0 saturated heterocycles. The Hall–Kier alpha value is -1.16. The standard InChI is InChI=1S/C16H16Cl3NO2/c1-3-10(2)22-14-9-8-13(20-15(21)16(17,18)19)11-6-4-5-7-12(11)14/h4-10H,3H2,1-2H3,(H,20,21). The van der Waals surface area contributed by atoms with Crippen LogP contribution in [0.25, 0.3) is 10.8 Å². The Balaban J connectivity index is 2.42. The highest BCUT2D eigenvalue weighted by molar-refractivity contribution is 6.76. The maximum atomic E-state index is 11.8. The van der Waals surface area contributed by atoms with Crippen LogP contribution in [0.2, 0.25) is 0 Å². The molecule has 2 aromatic rings. The van der Waals surface area contributed by atoms with Crippen molar-refractivity contribution in [3.8, 4) is 5.75 Å². The van der Waals surface area contributed by atoms with Gasteiger partial charge in [0.2, 0.25) is 0 Å². The molecule has 1 N–H and O–H groups in total. The van der Waals surface area contributed by atoms with E-state index >= 15 is 0 Å². The number of alkyl halides is 3. The van der Waals surface area contributed by atoms with Crippen molar-refractivity contribution in [1.82, 2.24) is 0 Å². The van der Waals surface area contributed by atoms with Gasteiger partial charge in [0.15, 0.2) is 0 Å². The Labute approximate surface area is 144 Å². The molecule has 22 heavy (non-hydrogen) atoms. The SMILES string of the molecule is CCC(C)Oc1ccc(NC(=O)C(Cl)(Cl)Cl)c2ccccc12. The predicted octanol–water partition coefficient (Wildman–Crippen LogP) is 5.33. The molecule has 1 unspecified atom stereocenters. The third kappa shape index (κ3) is 3.97. The molecule has 0 spiro atoms. The molecule has 1 atom stereocenters. The number of carbonyl (C=O) groups excluding carboxylic acids is 1. The molecule has 1 amide bonds. The molecule has 3 nitrogen and oxygen atoms in total. The largest absolute Gasteiger partial charge is 0.490 e. The van der Waals surface area contributed by atoms with Gasteiger partial charge in [-0.3, -0.25) is 4.79 Å². The van der Waals surface area contributed by atoms with Gasteiger partial charge >= 0.3 is 0 Å². The predicted molar refractivity (Wildman–Crippen MR) is 93.2 cm³/mol. The normalized spacial score (nSPS) is 13.0. The number of carbonyl (C=O) groups is 1. The van der Waals surface area contributed by atoms with E-state index in [1.54, 1.807) is 6.07 Å². The lowest BCUT2D eigenvalue weighted by molar-refractivity contribution is -0.115. The Morgan fingerprint density at radius 3 is 2.41 bits per heavy atom. The Morgan fingerprint density at radius 1 is 1.18 bits per heavy atom. The summed E-state index contributed by atoms with van der Waals surface area (Å²) in [4.78, 5) is 11.8. The molecule has 2 aromatic carbocycles. The number of hydrogen-bond donors (Lipinski definition) is 1. The highest BCUT2D eigenvalue weighted by Crippen LogP contribution is 2.34. The summed E-state index contributed by atoms with van der Waals surface area (Å²) in [5.41, 5.74) is 0.573. The minimum Gasteiger partial charge on any atom is -0.490 e. The first kappa shape index (κ1) is 17.2. The van der Waals surface area contributed by atoms with Gasteiger partial charge in [0.25, 0.3) is 9.70 Å². The summed E-state index contributed by atoms with van der Waals surface area (Å²) in [6.07, 6.45) is 1.00. The highest BCUT2D eigenvalue weighted by atomic mass is 35.6. The maximum Gasteiger partial charge on any atom is 0.276 e. The van der Waals surface area contributed by atoms with Crippen LogP contribution >= 0.6 is 34.8 Å². The molecule has 0 aromatic heterocycles. The van der Waals surface area contributed by atoms with E-state index in [0.29, 0.717) is 5.69 Å². The molecular weight excluding hydrogens is 345 g/mol. The zero-order valence-electron chi connectivity index (χ0n) is 12.2. The second-order valence-corrected chi connectivity index (χ2v) is 7.23. The van der Waals surface area contributed by atoms with Gasteiger partial charge in [-0.15, -0.1) is 0 Å². The third-order valence-corrected chi connectivity index (χ3v) is 3.81. The minimum atomic E-state index is -2.01. The van der Waals surface area contributed by atoms with E-state index in [2.05, 4.69) is 12.2 Å². The lowest BCUT2D eigenvalue weighted by atomic mass is 10.1. The fourth-order valence-corrected chi connectivity index (χ4v) is 2.12. The summed E-state index contributed by atoms with van der Waals surface area (Å²) in [5, 5.41) is 4.35. The zero-order valence-corrected chi connectivity index (χ0v) is 14.5. The zero-order chi connectivity index (χ0) is 16.3. The summed E-state index contributed by atoms with van der Waals surface area (Å²) >= 11 is 16.8. The van der Waals surface area contributed by atoms with Gasteiger partial charge in [-0.1, -0.05) is 66.0 Å². The van der Waals surface area contributed by atoms with Crippen molar-refractivity contribution in [3.05, 3.63) is 36.4 Å². The van der Waals surface area contributed by atoms with E-state index < -0.39 is 9.70 Å².